The van der Waals surface area contributed by atoms with Crippen molar-refractivity contribution in [1.29, 1.82) is 0 Å². The molecule has 1 fully saturated rings. The first kappa shape index (κ1) is 10.9. The van der Waals surface area contributed by atoms with Crippen molar-refractivity contribution in [3.8, 4) is 11.5 Å². The number of halogens is 1. The van der Waals surface area contributed by atoms with Crippen LogP contribution >= 0.6 is 22.6 Å². The summed E-state index contributed by atoms with van der Waals surface area (Å²) >= 11 is 2.07. The predicted octanol–water partition coefficient (Wildman–Crippen LogP) is 2.31. The number of hydrogen-bond acceptors (Lipinski definition) is 3. The van der Waals surface area contributed by atoms with Gasteiger partial charge < -0.3 is 4.98 Å². The molecule has 3 rings (SSSR count). The van der Waals surface area contributed by atoms with E-state index in [0.29, 0.717) is 21.0 Å². The van der Waals surface area contributed by atoms with Crippen LogP contribution in [0.2, 0.25) is 0 Å². The summed E-state index contributed by atoms with van der Waals surface area (Å²) in [5.41, 5.74) is 1.57. The third kappa shape index (κ3) is 2.11. The Labute approximate surface area is 112 Å². The SMILES string of the molecule is O=c1[nH]c(-c2ccccn2)nc(C2CC2)c1I. The molecule has 2 heterocycles. The van der Waals surface area contributed by atoms with E-state index < -0.39 is 0 Å². The molecule has 2 aromatic heterocycles. The lowest BCUT2D eigenvalue weighted by Crippen LogP contribution is -2.16. The highest BCUT2D eigenvalue weighted by Crippen LogP contribution is 2.40. The van der Waals surface area contributed by atoms with Crippen LogP contribution in [0.25, 0.3) is 11.5 Å². The molecule has 0 atom stereocenters. The third-order valence-electron chi connectivity index (χ3n) is 2.76. The lowest BCUT2D eigenvalue weighted by atomic mass is 10.2. The third-order valence-corrected chi connectivity index (χ3v) is 3.80. The highest BCUT2D eigenvalue weighted by Gasteiger charge is 2.29. The van der Waals surface area contributed by atoms with Crippen molar-refractivity contribution < 1.29 is 0 Å². The molecule has 0 aliphatic heterocycles. The Kier molecular flexibility index (Phi) is 2.70. The van der Waals surface area contributed by atoms with Gasteiger partial charge in [-0.3, -0.25) is 9.78 Å². The summed E-state index contributed by atoms with van der Waals surface area (Å²) in [4.78, 5) is 23.4. The van der Waals surface area contributed by atoms with Crippen molar-refractivity contribution in [3.63, 3.8) is 0 Å². The Bertz CT molecular complexity index is 605. The molecule has 0 bridgehead atoms. The molecule has 0 spiro atoms. The van der Waals surface area contributed by atoms with Crippen LogP contribution in [0.15, 0.2) is 29.2 Å². The number of nitrogens with one attached hydrogen (secondary N) is 1. The van der Waals surface area contributed by atoms with E-state index in [1.165, 1.54) is 0 Å². The Hall–Kier alpha value is -1.24. The van der Waals surface area contributed by atoms with Gasteiger partial charge in [0.05, 0.1) is 5.69 Å². The van der Waals surface area contributed by atoms with Gasteiger partial charge in [-0.2, -0.15) is 0 Å². The number of H-pyrrole nitrogens is 1. The minimum Gasteiger partial charge on any atom is -0.304 e. The highest BCUT2D eigenvalue weighted by molar-refractivity contribution is 14.1. The van der Waals surface area contributed by atoms with E-state index in [-0.39, 0.29) is 5.56 Å². The monoisotopic (exact) mass is 339 g/mol. The average molecular weight is 339 g/mol. The molecular formula is C12H10IN3O. The van der Waals surface area contributed by atoms with Crippen molar-refractivity contribution in [2.45, 2.75) is 18.8 Å². The van der Waals surface area contributed by atoms with E-state index in [1.54, 1.807) is 6.20 Å². The fraction of sp³-hybridized carbons (Fsp3) is 0.250. The van der Waals surface area contributed by atoms with Crippen LogP contribution in [0.4, 0.5) is 0 Å². The molecule has 1 aliphatic carbocycles. The second kappa shape index (κ2) is 4.21. The normalized spacial score (nSPS) is 14.9. The molecule has 0 unspecified atom stereocenters. The van der Waals surface area contributed by atoms with Gasteiger partial charge in [0.25, 0.3) is 5.56 Å². The van der Waals surface area contributed by atoms with Gasteiger partial charge in [0, 0.05) is 12.1 Å². The molecule has 0 aromatic carbocycles. The summed E-state index contributed by atoms with van der Waals surface area (Å²) in [6.07, 6.45) is 3.96. The molecule has 1 N–H and O–H groups in total. The summed E-state index contributed by atoms with van der Waals surface area (Å²) in [5.74, 6) is 1.03. The van der Waals surface area contributed by atoms with Crippen LogP contribution in [-0.2, 0) is 0 Å². The number of rotatable bonds is 2. The van der Waals surface area contributed by atoms with Crippen LogP contribution in [0, 0.1) is 3.57 Å². The molecular weight excluding hydrogens is 329 g/mol. The summed E-state index contributed by atoms with van der Waals surface area (Å²) in [7, 11) is 0. The molecule has 0 radical (unpaired) electrons. The van der Waals surface area contributed by atoms with Gasteiger partial charge in [-0.25, -0.2) is 4.98 Å². The maximum atomic E-state index is 11.8. The minimum atomic E-state index is -0.0665. The smallest absolute Gasteiger partial charge is 0.264 e. The van der Waals surface area contributed by atoms with Crippen LogP contribution in [-0.4, -0.2) is 15.0 Å². The van der Waals surface area contributed by atoms with Gasteiger partial charge in [-0.05, 0) is 47.6 Å². The number of aromatic amines is 1. The highest BCUT2D eigenvalue weighted by atomic mass is 127. The minimum absolute atomic E-state index is 0.0665. The van der Waals surface area contributed by atoms with Crippen LogP contribution in [0.5, 0.6) is 0 Å². The quantitative estimate of drug-likeness (QED) is 0.855. The predicted molar refractivity (Wildman–Crippen MR) is 72.8 cm³/mol. The van der Waals surface area contributed by atoms with E-state index in [4.69, 9.17) is 0 Å². The molecule has 5 heteroatoms. The summed E-state index contributed by atoms with van der Waals surface area (Å²) in [6, 6.07) is 5.58. The van der Waals surface area contributed by atoms with E-state index in [0.717, 1.165) is 18.5 Å². The van der Waals surface area contributed by atoms with E-state index in [9.17, 15) is 4.79 Å². The molecule has 2 aromatic rings. The zero-order chi connectivity index (χ0) is 11.8. The van der Waals surface area contributed by atoms with Gasteiger partial charge >= 0.3 is 0 Å². The van der Waals surface area contributed by atoms with Gasteiger partial charge in [-0.1, -0.05) is 6.07 Å². The molecule has 4 nitrogen and oxygen atoms in total. The fourth-order valence-electron chi connectivity index (χ4n) is 1.73. The zero-order valence-electron chi connectivity index (χ0n) is 8.98. The lowest BCUT2D eigenvalue weighted by molar-refractivity contribution is 0.952. The first-order valence-electron chi connectivity index (χ1n) is 5.47. The first-order chi connectivity index (χ1) is 8.25. The Morgan fingerprint density at radius 3 is 2.82 bits per heavy atom. The largest absolute Gasteiger partial charge is 0.304 e. The summed E-state index contributed by atoms with van der Waals surface area (Å²) in [5, 5.41) is 0. The van der Waals surface area contributed by atoms with E-state index in [2.05, 4.69) is 37.5 Å². The molecule has 0 amide bonds. The first-order valence-corrected chi connectivity index (χ1v) is 6.54. The molecule has 1 saturated carbocycles. The summed E-state index contributed by atoms with van der Waals surface area (Å²) in [6.45, 7) is 0. The van der Waals surface area contributed by atoms with E-state index >= 15 is 0 Å². The van der Waals surface area contributed by atoms with Gasteiger partial charge in [0.2, 0.25) is 0 Å². The van der Waals surface area contributed by atoms with Gasteiger partial charge in [0.1, 0.15) is 9.26 Å². The summed E-state index contributed by atoms with van der Waals surface area (Å²) < 4.78 is 0.713. The van der Waals surface area contributed by atoms with Crippen molar-refractivity contribution in [2.24, 2.45) is 0 Å². The Morgan fingerprint density at radius 1 is 1.35 bits per heavy atom. The molecule has 86 valence electrons. The second-order valence-electron chi connectivity index (χ2n) is 4.10. The number of pyridine rings is 1. The van der Waals surface area contributed by atoms with Crippen LogP contribution in [0.3, 0.4) is 0 Å². The Balaban J connectivity index is 2.15. The number of hydrogen-bond donors (Lipinski definition) is 1. The Morgan fingerprint density at radius 2 is 2.18 bits per heavy atom. The van der Waals surface area contributed by atoms with Crippen molar-refractivity contribution >= 4 is 22.6 Å². The lowest BCUT2D eigenvalue weighted by Gasteiger charge is -2.04. The average Bonchev–Trinajstić information content (AvgIpc) is 3.18. The zero-order valence-corrected chi connectivity index (χ0v) is 11.1. The number of aromatic nitrogens is 3. The number of nitrogens with zero attached hydrogens (tertiary/aromatic N) is 2. The van der Waals surface area contributed by atoms with Crippen LogP contribution < -0.4 is 5.56 Å². The topological polar surface area (TPSA) is 58.6 Å². The fourth-order valence-corrected chi connectivity index (χ4v) is 2.42. The van der Waals surface area contributed by atoms with Gasteiger partial charge in [0.15, 0.2) is 5.82 Å². The molecule has 17 heavy (non-hydrogen) atoms. The van der Waals surface area contributed by atoms with Crippen molar-refractivity contribution in [3.05, 3.63) is 44.0 Å². The van der Waals surface area contributed by atoms with Crippen molar-refractivity contribution in [2.75, 3.05) is 0 Å². The standard InChI is InChI=1S/C12H10IN3O/c13-9-10(7-4-5-7)15-11(16-12(9)17)8-3-1-2-6-14-8/h1-3,6-7H,4-5H2,(H,15,16,17). The van der Waals surface area contributed by atoms with Gasteiger partial charge in [-0.15, -0.1) is 0 Å². The molecule has 1 aliphatic rings. The van der Waals surface area contributed by atoms with E-state index in [1.807, 2.05) is 18.2 Å². The van der Waals surface area contributed by atoms with Crippen molar-refractivity contribution in [1.82, 2.24) is 15.0 Å². The molecule has 0 saturated heterocycles. The maximum Gasteiger partial charge on any atom is 0.264 e. The van der Waals surface area contributed by atoms with Crippen LogP contribution in [0.1, 0.15) is 24.5 Å². The second-order valence-corrected chi connectivity index (χ2v) is 5.18. The maximum absolute atomic E-state index is 11.8.